The van der Waals surface area contributed by atoms with Gasteiger partial charge in [0.05, 0.1) is 18.1 Å². The van der Waals surface area contributed by atoms with Crippen LogP contribution in [0.4, 0.5) is 13.2 Å². The third kappa shape index (κ3) is 3.44. The average Bonchev–Trinajstić information content (AvgIpc) is 3.14. The van der Waals surface area contributed by atoms with Gasteiger partial charge in [-0.05, 0) is 5.56 Å². The predicted octanol–water partition coefficient (Wildman–Crippen LogP) is 3.73. The molecule has 1 aromatic carbocycles. The van der Waals surface area contributed by atoms with Crippen molar-refractivity contribution in [2.75, 3.05) is 6.61 Å². The Morgan fingerprint density at radius 2 is 2.04 bits per heavy atom. The fraction of sp³-hybridized carbons (Fsp3) is 0.471. The molecule has 0 saturated carbocycles. The van der Waals surface area contributed by atoms with E-state index in [0.29, 0.717) is 0 Å². The number of ketones is 1. The summed E-state index contributed by atoms with van der Waals surface area (Å²) in [7, 11) is 0. The van der Waals surface area contributed by atoms with E-state index >= 15 is 0 Å². The maximum Gasteiger partial charge on any atom is 0.345 e. The molecule has 25 heavy (non-hydrogen) atoms. The van der Waals surface area contributed by atoms with Crippen molar-refractivity contribution in [3.63, 3.8) is 0 Å². The van der Waals surface area contributed by atoms with Crippen LogP contribution in [0.2, 0.25) is 0 Å². The van der Waals surface area contributed by atoms with E-state index in [0.717, 1.165) is 5.56 Å². The number of ether oxygens (including phenoxy) is 1. The van der Waals surface area contributed by atoms with Gasteiger partial charge in [-0.25, -0.2) is 14.1 Å². The molecule has 0 amide bonds. The predicted molar refractivity (Wildman–Crippen MR) is 83.1 cm³/mol. The van der Waals surface area contributed by atoms with E-state index in [1.807, 2.05) is 30.3 Å². The third-order valence-electron chi connectivity index (χ3n) is 4.24. The Bertz CT molecular complexity index is 762. The second-order valence-corrected chi connectivity index (χ2v) is 6.65. The first-order chi connectivity index (χ1) is 11.8. The number of halogens is 3. The summed E-state index contributed by atoms with van der Waals surface area (Å²) in [5.41, 5.74) is -0.374. The first-order valence-electron chi connectivity index (χ1n) is 7.89. The molecule has 134 valence electrons. The minimum Gasteiger partial charge on any atom is -0.322 e. The number of benzene rings is 1. The van der Waals surface area contributed by atoms with E-state index < -0.39 is 30.6 Å². The van der Waals surface area contributed by atoms with Crippen LogP contribution in [-0.2, 0) is 4.74 Å². The highest BCUT2D eigenvalue weighted by molar-refractivity contribution is 5.96. The van der Waals surface area contributed by atoms with Gasteiger partial charge in [-0.1, -0.05) is 44.2 Å². The summed E-state index contributed by atoms with van der Waals surface area (Å²) in [6.45, 7) is -0.518. The fourth-order valence-electron chi connectivity index (χ4n) is 2.87. The zero-order chi connectivity index (χ0) is 18.2. The van der Waals surface area contributed by atoms with Gasteiger partial charge in [0.15, 0.2) is 12.0 Å². The van der Waals surface area contributed by atoms with Crippen molar-refractivity contribution in [3.05, 3.63) is 47.5 Å². The van der Waals surface area contributed by atoms with Crippen LogP contribution in [0, 0.1) is 5.41 Å². The van der Waals surface area contributed by atoms with E-state index in [1.165, 1.54) is 18.5 Å². The lowest BCUT2D eigenvalue weighted by molar-refractivity contribution is -0.142. The van der Waals surface area contributed by atoms with Crippen molar-refractivity contribution in [2.24, 2.45) is 5.41 Å². The van der Waals surface area contributed by atoms with Gasteiger partial charge in [0.1, 0.15) is 0 Å². The van der Waals surface area contributed by atoms with Crippen LogP contribution in [0.15, 0.2) is 30.3 Å². The first-order valence-corrected chi connectivity index (χ1v) is 7.89. The molecular weight excluding hydrogens is 335 g/mol. The van der Waals surface area contributed by atoms with E-state index in [9.17, 15) is 18.0 Å². The summed E-state index contributed by atoms with van der Waals surface area (Å²) >= 11 is 0. The number of alkyl halides is 3. The van der Waals surface area contributed by atoms with Gasteiger partial charge in [-0.3, -0.25) is 4.79 Å². The summed E-state index contributed by atoms with van der Waals surface area (Å²) < 4.78 is 44.5. The molecule has 0 saturated heterocycles. The van der Waals surface area contributed by atoms with Crippen LogP contribution < -0.4 is 0 Å². The van der Waals surface area contributed by atoms with Crippen LogP contribution in [0.3, 0.4) is 0 Å². The molecular formula is C17H18F3N3O2. The summed E-state index contributed by atoms with van der Waals surface area (Å²) in [5.74, 6) is -0.655. The summed E-state index contributed by atoms with van der Waals surface area (Å²) in [6.07, 6.45) is -1.13. The number of fused-ring (bicyclic) bond motifs is 1. The molecule has 0 bridgehead atoms. The normalized spacial score (nSPS) is 20.1. The van der Waals surface area contributed by atoms with Crippen molar-refractivity contribution in [1.82, 2.24) is 14.8 Å². The Labute approximate surface area is 142 Å². The molecule has 1 aromatic heterocycles. The van der Waals surface area contributed by atoms with E-state index in [1.54, 1.807) is 0 Å². The van der Waals surface area contributed by atoms with Crippen molar-refractivity contribution in [1.29, 1.82) is 0 Å². The Morgan fingerprint density at radius 3 is 2.68 bits per heavy atom. The van der Waals surface area contributed by atoms with Gasteiger partial charge in [-0.2, -0.15) is 8.78 Å². The first kappa shape index (κ1) is 17.6. The maximum atomic E-state index is 14.3. The Morgan fingerprint density at radius 1 is 1.36 bits per heavy atom. The highest BCUT2D eigenvalue weighted by atomic mass is 19.3. The van der Waals surface area contributed by atoms with Gasteiger partial charge in [-0.15, -0.1) is 5.10 Å². The molecule has 2 heterocycles. The van der Waals surface area contributed by atoms with E-state index in [-0.39, 0.29) is 24.1 Å². The zero-order valence-electron chi connectivity index (χ0n) is 13.8. The van der Waals surface area contributed by atoms with Gasteiger partial charge >= 0.3 is 6.61 Å². The monoisotopic (exact) mass is 353 g/mol. The standard InChI is InChI=1S/C17H18F3N3O2/c1-17(2,9-25-16(19)20)13(24)14-21-15-11(18)8-12(23(15)22-14)10-6-4-3-5-7-10/h3-7,11-12,16H,8-9H2,1-2H3/t11-,12?/m0/s1. The topological polar surface area (TPSA) is 57.0 Å². The quantitative estimate of drug-likeness (QED) is 0.743. The highest BCUT2D eigenvalue weighted by Gasteiger charge is 2.39. The molecule has 0 fully saturated rings. The van der Waals surface area contributed by atoms with Crippen molar-refractivity contribution in [2.45, 2.75) is 39.1 Å². The Kier molecular flexibility index (Phi) is 4.64. The molecule has 5 nitrogen and oxygen atoms in total. The molecule has 1 unspecified atom stereocenters. The average molecular weight is 353 g/mol. The highest BCUT2D eigenvalue weighted by Crippen LogP contribution is 2.39. The fourth-order valence-corrected chi connectivity index (χ4v) is 2.87. The molecule has 0 N–H and O–H groups in total. The second kappa shape index (κ2) is 6.59. The number of hydrogen-bond donors (Lipinski definition) is 0. The maximum absolute atomic E-state index is 14.3. The molecule has 0 radical (unpaired) electrons. The summed E-state index contributed by atoms with van der Waals surface area (Å²) in [6, 6.07) is 8.91. The molecule has 8 heteroatoms. The van der Waals surface area contributed by atoms with Gasteiger partial charge < -0.3 is 4.74 Å². The van der Waals surface area contributed by atoms with Gasteiger partial charge in [0, 0.05) is 6.42 Å². The molecule has 0 spiro atoms. The van der Waals surface area contributed by atoms with Crippen molar-refractivity contribution >= 4 is 5.78 Å². The van der Waals surface area contributed by atoms with Crippen molar-refractivity contribution < 1.29 is 22.7 Å². The Hall–Kier alpha value is -2.22. The largest absolute Gasteiger partial charge is 0.345 e. The van der Waals surface area contributed by atoms with Crippen LogP contribution >= 0.6 is 0 Å². The molecule has 1 aliphatic rings. The molecule has 1 aliphatic heterocycles. The van der Waals surface area contributed by atoms with Gasteiger partial charge in [0.25, 0.3) is 0 Å². The van der Waals surface area contributed by atoms with E-state index in [2.05, 4.69) is 14.8 Å². The van der Waals surface area contributed by atoms with Crippen LogP contribution in [0.5, 0.6) is 0 Å². The number of Topliss-reactive ketones (excluding diaryl/α,β-unsaturated/α-hetero) is 1. The second-order valence-electron chi connectivity index (χ2n) is 6.65. The van der Waals surface area contributed by atoms with Crippen molar-refractivity contribution in [3.8, 4) is 0 Å². The lowest BCUT2D eigenvalue weighted by Crippen LogP contribution is -2.31. The minimum absolute atomic E-state index is 0.0859. The number of rotatable bonds is 6. The zero-order valence-corrected chi connectivity index (χ0v) is 13.8. The van der Waals surface area contributed by atoms with Crippen LogP contribution in [0.1, 0.15) is 54.5 Å². The molecule has 2 atom stereocenters. The lowest BCUT2D eigenvalue weighted by atomic mass is 9.88. The SMILES string of the molecule is CC(C)(COC(F)F)C(=O)c1nc2n(n1)C(c1ccccc1)C[C@@H]2F. The molecule has 2 aromatic rings. The molecule has 3 rings (SSSR count). The van der Waals surface area contributed by atoms with Crippen LogP contribution in [0.25, 0.3) is 0 Å². The molecule has 0 aliphatic carbocycles. The number of aromatic nitrogens is 3. The number of carbonyl (C=O) groups excluding carboxylic acids is 1. The summed E-state index contributed by atoms with van der Waals surface area (Å²) in [5, 5.41) is 4.17. The Balaban J connectivity index is 1.87. The number of carbonyl (C=O) groups is 1. The third-order valence-corrected chi connectivity index (χ3v) is 4.24. The minimum atomic E-state index is -2.97. The van der Waals surface area contributed by atoms with Gasteiger partial charge in [0.2, 0.25) is 11.6 Å². The summed E-state index contributed by atoms with van der Waals surface area (Å²) in [4.78, 5) is 16.6. The van der Waals surface area contributed by atoms with Crippen LogP contribution in [-0.4, -0.2) is 33.8 Å². The smallest absolute Gasteiger partial charge is 0.322 e. The number of hydrogen-bond acceptors (Lipinski definition) is 4. The number of nitrogens with zero attached hydrogens (tertiary/aromatic N) is 3. The van der Waals surface area contributed by atoms with E-state index in [4.69, 9.17) is 0 Å². The lowest BCUT2D eigenvalue weighted by Gasteiger charge is -2.21.